The maximum absolute atomic E-state index is 12.4. The predicted molar refractivity (Wildman–Crippen MR) is 65.9 cm³/mol. The number of allylic oxidation sites excluding steroid dienone is 1. The molecule has 0 bridgehead atoms. The van der Waals surface area contributed by atoms with E-state index in [9.17, 15) is 22.8 Å². The van der Waals surface area contributed by atoms with Crippen LogP contribution in [0.1, 0.15) is 28.8 Å². The van der Waals surface area contributed by atoms with Gasteiger partial charge in [-0.05, 0) is 18.6 Å². The summed E-state index contributed by atoms with van der Waals surface area (Å²) in [4.78, 5) is 24.8. The Kier molecular flexibility index (Phi) is 3.65. The molecule has 1 aromatic rings. The predicted octanol–water partition coefficient (Wildman–Crippen LogP) is 3.02. The van der Waals surface area contributed by atoms with Crippen LogP contribution in [0.4, 0.5) is 13.2 Å². The fourth-order valence-electron chi connectivity index (χ4n) is 2.03. The van der Waals surface area contributed by atoms with Crippen molar-refractivity contribution in [1.82, 2.24) is 4.90 Å². The van der Waals surface area contributed by atoms with Crippen LogP contribution in [0.5, 0.6) is 0 Å². The molecule has 0 unspecified atom stereocenters. The number of likely N-dealkylation sites (tertiary alicyclic amines) is 1. The number of ketones is 1. The van der Waals surface area contributed by atoms with Crippen molar-refractivity contribution < 1.29 is 22.8 Å². The molecule has 0 atom stereocenters. The standard InChI is InChI=1S/C14H12F3NO2/c1-9(18-8-2-3-12(18)19)13(20)10-4-6-11(7-5-10)14(15,16)17/h4-7H,1-3,8H2. The van der Waals surface area contributed by atoms with Gasteiger partial charge in [-0.3, -0.25) is 9.59 Å². The van der Waals surface area contributed by atoms with E-state index in [1.54, 1.807) is 0 Å². The van der Waals surface area contributed by atoms with E-state index in [2.05, 4.69) is 6.58 Å². The van der Waals surface area contributed by atoms with Gasteiger partial charge in [-0.15, -0.1) is 0 Å². The molecule has 1 heterocycles. The van der Waals surface area contributed by atoms with Gasteiger partial charge < -0.3 is 4.90 Å². The molecule has 2 rings (SSSR count). The Morgan fingerprint density at radius 2 is 1.80 bits per heavy atom. The first-order valence-corrected chi connectivity index (χ1v) is 6.02. The van der Waals surface area contributed by atoms with Crippen LogP contribution in [-0.2, 0) is 11.0 Å². The fraction of sp³-hybridized carbons (Fsp3) is 0.286. The molecule has 0 aliphatic carbocycles. The van der Waals surface area contributed by atoms with E-state index in [1.165, 1.54) is 4.90 Å². The number of hydrogen-bond acceptors (Lipinski definition) is 2. The van der Waals surface area contributed by atoms with E-state index in [-0.39, 0.29) is 17.2 Å². The summed E-state index contributed by atoms with van der Waals surface area (Å²) < 4.78 is 37.3. The lowest BCUT2D eigenvalue weighted by molar-refractivity contribution is -0.137. The molecule has 1 aliphatic rings. The lowest BCUT2D eigenvalue weighted by Gasteiger charge is -2.17. The quantitative estimate of drug-likeness (QED) is 0.631. The summed E-state index contributed by atoms with van der Waals surface area (Å²) in [6.07, 6.45) is -3.43. The van der Waals surface area contributed by atoms with Gasteiger partial charge in [0.1, 0.15) is 0 Å². The molecular weight excluding hydrogens is 271 g/mol. The number of carbonyl (C=O) groups excluding carboxylic acids is 2. The second kappa shape index (κ2) is 5.11. The Balaban J connectivity index is 2.17. The van der Waals surface area contributed by atoms with Crippen LogP contribution in [0.15, 0.2) is 36.5 Å². The minimum atomic E-state index is -4.44. The normalized spacial score (nSPS) is 15.6. The van der Waals surface area contributed by atoms with Gasteiger partial charge >= 0.3 is 6.18 Å². The van der Waals surface area contributed by atoms with Gasteiger partial charge in [0.15, 0.2) is 0 Å². The summed E-state index contributed by atoms with van der Waals surface area (Å²) in [5.74, 6) is -0.718. The SMILES string of the molecule is C=C(C(=O)c1ccc(C(F)(F)F)cc1)N1CCCC1=O. The number of Topliss-reactive ketones (excluding diaryl/α,β-unsaturated/α-hetero) is 1. The third kappa shape index (κ3) is 2.74. The van der Waals surface area contributed by atoms with Crippen molar-refractivity contribution in [2.75, 3.05) is 6.54 Å². The Bertz CT molecular complexity index is 561. The van der Waals surface area contributed by atoms with E-state index < -0.39 is 17.5 Å². The summed E-state index contributed by atoms with van der Waals surface area (Å²) in [7, 11) is 0. The van der Waals surface area contributed by atoms with Crippen molar-refractivity contribution in [3.05, 3.63) is 47.7 Å². The summed E-state index contributed by atoms with van der Waals surface area (Å²) in [5.41, 5.74) is -0.730. The highest BCUT2D eigenvalue weighted by Crippen LogP contribution is 2.29. The molecular formula is C14H12F3NO2. The van der Waals surface area contributed by atoms with Crippen LogP contribution < -0.4 is 0 Å². The Morgan fingerprint density at radius 1 is 1.20 bits per heavy atom. The van der Waals surface area contributed by atoms with Crippen molar-refractivity contribution in [3.8, 4) is 0 Å². The first kappa shape index (κ1) is 14.3. The largest absolute Gasteiger partial charge is 0.416 e. The number of benzene rings is 1. The molecule has 3 nitrogen and oxygen atoms in total. The first-order chi connectivity index (χ1) is 9.30. The molecule has 1 amide bonds. The van der Waals surface area contributed by atoms with Gasteiger partial charge in [-0.1, -0.05) is 18.7 Å². The average molecular weight is 283 g/mol. The highest BCUT2D eigenvalue weighted by molar-refractivity contribution is 6.10. The van der Waals surface area contributed by atoms with E-state index in [0.29, 0.717) is 19.4 Å². The fourth-order valence-corrected chi connectivity index (χ4v) is 2.03. The maximum atomic E-state index is 12.4. The van der Waals surface area contributed by atoms with Crippen molar-refractivity contribution >= 4 is 11.7 Å². The number of alkyl halides is 3. The summed E-state index contributed by atoms with van der Waals surface area (Å²) in [6, 6.07) is 3.87. The molecule has 0 spiro atoms. The molecule has 0 radical (unpaired) electrons. The minimum absolute atomic E-state index is 0.00672. The molecule has 6 heteroatoms. The number of carbonyl (C=O) groups is 2. The van der Waals surface area contributed by atoms with Gasteiger partial charge in [0.25, 0.3) is 0 Å². The van der Waals surface area contributed by atoms with E-state index in [4.69, 9.17) is 0 Å². The molecule has 20 heavy (non-hydrogen) atoms. The zero-order valence-corrected chi connectivity index (χ0v) is 10.5. The molecule has 0 N–H and O–H groups in total. The average Bonchev–Trinajstić information content (AvgIpc) is 2.82. The zero-order chi connectivity index (χ0) is 14.9. The van der Waals surface area contributed by atoms with Gasteiger partial charge in [0, 0.05) is 18.5 Å². The second-order valence-electron chi connectivity index (χ2n) is 4.50. The molecule has 0 saturated carbocycles. The van der Waals surface area contributed by atoms with Crippen LogP contribution in [0.25, 0.3) is 0 Å². The molecule has 0 aromatic heterocycles. The molecule has 106 valence electrons. The third-order valence-corrected chi connectivity index (χ3v) is 3.14. The monoisotopic (exact) mass is 283 g/mol. The summed E-state index contributed by atoms with van der Waals surface area (Å²) in [5, 5.41) is 0. The Hall–Kier alpha value is -2.11. The van der Waals surface area contributed by atoms with Crippen molar-refractivity contribution in [3.63, 3.8) is 0 Å². The van der Waals surface area contributed by atoms with Crippen molar-refractivity contribution in [1.29, 1.82) is 0 Å². The van der Waals surface area contributed by atoms with Gasteiger partial charge in [-0.2, -0.15) is 13.2 Å². The van der Waals surface area contributed by atoms with Gasteiger partial charge in [0.05, 0.1) is 11.3 Å². The Labute approximate surface area is 113 Å². The van der Waals surface area contributed by atoms with Gasteiger partial charge in [0.2, 0.25) is 11.7 Å². The lowest BCUT2D eigenvalue weighted by Crippen LogP contribution is -2.28. The summed E-state index contributed by atoms with van der Waals surface area (Å²) >= 11 is 0. The number of rotatable bonds is 3. The number of amides is 1. The third-order valence-electron chi connectivity index (χ3n) is 3.14. The van der Waals surface area contributed by atoms with Crippen LogP contribution in [0.2, 0.25) is 0 Å². The lowest BCUT2D eigenvalue weighted by atomic mass is 10.1. The maximum Gasteiger partial charge on any atom is 0.416 e. The van der Waals surface area contributed by atoms with E-state index >= 15 is 0 Å². The number of nitrogens with zero attached hydrogens (tertiary/aromatic N) is 1. The number of halogens is 3. The molecule has 1 aromatic carbocycles. The topological polar surface area (TPSA) is 37.4 Å². The molecule has 1 fully saturated rings. The van der Waals surface area contributed by atoms with E-state index in [1.807, 2.05) is 0 Å². The van der Waals surface area contributed by atoms with Gasteiger partial charge in [-0.25, -0.2) is 0 Å². The van der Waals surface area contributed by atoms with Crippen LogP contribution in [0.3, 0.4) is 0 Å². The van der Waals surface area contributed by atoms with Crippen molar-refractivity contribution in [2.24, 2.45) is 0 Å². The highest BCUT2D eigenvalue weighted by Gasteiger charge is 2.31. The smallest absolute Gasteiger partial charge is 0.309 e. The minimum Gasteiger partial charge on any atom is -0.309 e. The van der Waals surface area contributed by atoms with E-state index in [0.717, 1.165) is 24.3 Å². The van der Waals surface area contributed by atoms with Crippen molar-refractivity contribution in [2.45, 2.75) is 19.0 Å². The zero-order valence-electron chi connectivity index (χ0n) is 10.5. The second-order valence-corrected chi connectivity index (χ2v) is 4.50. The summed E-state index contributed by atoms with van der Waals surface area (Å²) in [6.45, 7) is 3.99. The molecule has 1 aliphatic heterocycles. The first-order valence-electron chi connectivity index (χ1n) is 6.02. The molecule has 1 saturated heterocycles. The van der Waals surface area contributed by atoms with Crippen LogP contribution in [-0.4, -0.2) is 23.1 Å². The van der Waals surface area contributed by atoms with Crippen LogP contribution in [0, 0.1) is 0 Å². The Morgan fingerprint density at radius 3 is 2.25 bits per heavy atom. The number of hydrogen-bond donors (Lipinski definition) is 0. The highest BCUT2D eigenvalue weighted by atomic mass is 19.4. The van der Waals surface area contributed by atoms with Crippen LogP contribution >= 0.6 is 0 Å².